The van der Waals surface area contributed by atoms with Gasteiger partial charge in [0, 0.05) is 5.56 Å². The van der Waals surface area contributed by atoms with Crippen LogP contribution in [-0.2, 0) is 6.54 Å². The van der Waals surface area contributed by atoms with Crippen molar-refractivity contribution in [2.75, 3.05) is 0 Å². The fourth-order valence-corrected chi connectivity index (χ4v) is 6.95. The smallest absolute Gasteiger partial charge is 0.389 e. The first-order valence-corrected chi connectivity index (χ1v) is 18.9. The highest BCUT2D eigenvalue weighted by atomic mass is 80.0. The molecular formula is C37H10BBr3F20N2O2. The van der Waals surface area contributed by atoms with Crippen molar-refractivity contribution in [3.8, 4) is 5.88 Å². The number of alkyl halides is 3. The van der Waals surface area contributed by atoms with Crippen molar-refractivity contribution in [1.82, 2.24) is 4.98 Å². The molecule has 0 saturated heterocycles. The van der Waals surface area contributed by atoms with Gasteiger partial charge in [0.05, 0.1) is 6.20 Å². The fourth-order valence-electron chi connectivity index (χ4n) is 6.45. The summed E-state index contributed by atoms with van der Waals surface area (Å²) in [6, 6.07) is 9.12. The molecule has 0 amide bonds. The second-order valence-corrected chi connectivity index (χ2v) is 19.2. The van der Waals surface area contributed by atoms with Gasteiger partial charge in [0.15, 0.2) is 76.0 Å². The maximum atomic E-state index is 15.4. The van der Waals surface area contributed by atoms with Gasteiger partial charge in [0.1, 0.15) is 58.9 Å². The minimum Gasteiger partial charge on any atom is -0.404 e. The Kier molecular flexibility index (Phi) is 14.8. The summed E-state index contributed by atoms with van der Waals surface area (Å²) < 4.78 is 300. The van der Waals surface area contributed by atoms with E-state index in [9.17, 15) is 57.5 Å². The van der Waals surface area contributed by atoms with Crippen LogP contribution in [0.15, 0.2) is 48.9 Å². The second kappa shape index (κ2) is 18.9. The Balaban J connectivity index is 0.000000330. The second-order valence-electron chi connectivity index (χ2n) is 12.7. The topological polar surface area (TPSA) is 43.1 Å². The van der Waals surface area contributed by atoms with Crippen LogP contribution in [0, 0.1) is 116 Å². The molecule has 0 radical (unpaired) electrons. The average Bonchev–Trinajstić information content (AvgIpc) is 3.27. The van der Waals surface area contributed by atoms with Gasteiger partial charge in [0.2, 0.25) is 12.3 Å². The van der Waals surface area contributed by atoms with Crippen molar-refractivity contribution < 1.29 is 102 Å². The molecule has 0 atom stereocenters. The number of halogens is 23. The highest BCUT2D eigenvalue weighted by molar-refractivity contribution is 9.39. The molecule has 6 aromatic rings. The van der Waals surface area contributed by atoms with E-state index in [0.717, 1.165) is 0 Å². The minimum atomic E-state index is -7.22. The predicted molar refractivity (Wildman–Crippen MR) is 195 cm³/mol. The molecule has 6 rings (SSSR count). The Morgan fingerprint density at radius 2 is 0.754 bits per heavy atom. The molecule has 0 bridgehead atoms. The highest BCUT2D eigenvalue weighted by Gasteiger charge is 2.52. The van der Waals surface area contributed by atoms with Gasteiger partial charge in [-0.3, -0.25) is 4.79 Å². The zero-order chi connectivity index (χ0) is 48.9. The molecule has 0 aliphatic heterocycles. The Morgan fingerprint density at radius 1 is 0.477 bits per heavy atom. The van der Waals surface area contributed by atoms with E-state index in [1.165, 1.54) is 6.20 Å². The Morgan fingerprint density at radius 3 is 1.03 bits per heavy atom. The Hall–Kier alpha value is -5.25. The van der Waals surface area contributed by atoms with Crippen LogP contribution in [0.1, 0.15) is 10.4 Å². The summed E-state index contributed by atoms with van der Waals surface area (Å²) in [6.07, 6.45) is -2.39. The summed E-state index contributed by atoms with van der Waals surface area (Å²) in [7, 11) is 0. The summed E-state index contributed by atoms with van der Waals surface area (Å²) >= 11 is 9.74. The third-order valence-corrected chi connectivity index (χ3v) is 9.62. The van der Waals surface area contributed by atoms with Gasteiger partial charge < -0.3 is 4.74 Å². The number of aromatic nitrogens is 2. The van der Waals surface area contributed by atoms with Gasteiger partial charge in [-0.15, -0.1) is 21.9 Å². The van der Waals surface area contributed by atoms with E-state index in [4.69, 9.17) is 4.74 Å². The van der Waals surface area contributed by atoms with Crippen molar-refractivity contribution in [2.45, 2.75) is 8.87 Å². The molecule has 0 fully saturated rings. The molecule has 28 heteroatoms. The van der Waals surface area contributed by atoms with Crippen molar-refractivity contribution >= 4 is 81.6 Å². The first-order valence-electron chi connectivity index (χ1n) is 16.6. The lowest BCUT2D eigenvalue weighted by Crippen LogP contribution is -2.81. The zero-order valence-electron chi connectivity index (χ0n) is 30.3. The van der Waals surface area contributed by atoms with Gasteiger partial charge in [0.25, 0.3) is 2.33 Å². The number of ether oxygens (including phenoxy) is 1. The molecule has 0 saturated carbocycles. The molecule has 0 aliphatic carbocycles. The normalized spacial score (nSPS) is 11.7. The number of hydrogen-bond donors (Lipinski definition) is 0. The molecule has 1 heterocycles. The van der Waals surface area contributed by atoms with Gasteiger partial charge >= 0.3 is 5.88 Å². The molecule has 4 nitrogen and oxygen atoms in total. The molecule has 0 unspecified atom stereocenters. The van der Waals surface area contributed by atoms with Crippen LogP contribution in [-0.4, -0.2) is 19.2 Å². The van der Waals surface area contributed by atoms with E-state index in [0.29, 0.717) is 11.4 Å². The van der Waals surface area contributed by atoms with Crippen LogP contribution in [0.25, 0.3) is 0 Å². The first-order chi connectivity index (χ1) is 30.2. The van der Waals surface area contributed by atoms with Gasteiger partial charge in [-0.2, -0.15) is 4.57 Å². The van der Waals surface area contributed by atoms with E-state index >= 15 is 35.1 Å². The monoisotopic (exact) mass is 1140 g/mol. The summed E-state index contributed by atoms with van der Waals surface area (Å²) in [4.78, 5) is 16.2. The van der Waals surface area contributed by atoms with E-state index in [-0.39, 0.29) is 12.3 Å². The third-order valence-electron chi connectivity index (χ3n) is 9.14. The number of rotatable bonds is 8. The highest BCUT2D eigenvalue weighted by Crippen LogP contribution is 2.35. The van der Waals surface area contributed by atoms with Crippen molar-refractivity contribution in [1.29, 1.82) is 0 Å². The number of Topliss-reactive ketones (excluding diaryl/α,β-unsaturated/α-hetero) is 1. The zero-order valence-corrected chi connectivity index (χ0v) is 35.1. The standard InChI is InChI=1S/C24BF20.C13H10Br3N2O2/c26-5-1(6(27)14(35)21(42)13(5)34)25(2-7(28)15(36)22(43)16(37)8(2)29,3-9(30)17(38)23(44)18(39)10(3)31)4-11(32)19(40)24(45)20(41)12(4)33;14-13(15,16)20-12-8-17-6-7-18(12)9-11(19)10-4-2-1-3-5-10/h;1-8H,9H2/q-1;+1. The van der Waals surface area contributed by atoms with Crippen LogP contribution in [0.4, 0.5) is 87.8 Å². The molecule has 1 aromatic heterocycles. The average molecular weight is 1140 g/mol. The largest absolute Gasteiger partial charge is 0.404 e. The summed E-state index contributed by atoms with van der Waals surface area (Å²) in [5, 5.41) is 0. The van der Waals surface area contributed by atoms with Crippen LogP contribution < -0.4 is 31.2 Å². The van der Waals surface area contributed by atoms with Gasteiger partial charge in [-0.05, 0) is 47.8 Å². The maximum absolute atomic E-state index is 15.4. The Labute approximate surface area is 372 Å². The first kappa shape index (κ1) is 50.7. The molecule has 0 N–H and O–H groups in total. The molecule has 65 heavy (non-hydrogen) atoms. The van der Waals surface area contributed by atoms with E-state index in [2.05, 4.69) is 52.8 Å². The maximum Gasteiger partial charge on any atom is 0.389 e. The molecule has 344 valence electrons. The van der Waals surface area contributed by atoms with E-state index < -0.39 is 147 Å². The summed E-state index contributed by atoms with van der Waals surface area (Å²) in [6.45, 7) is 0.172. The van der Waals surface area contributed by atoms with E-state index in [1.807, 2.05) is 18.2 Å². The van der Waals surface area contributed by atoms with Crippen LogP contribution in [0.5, 0.6) is 5.88 Å². The van der Waals surface area contributed by atoms with Gasteiger partial charge in [-0.1, -0.05) is 30.3 Å². The number of nitrogens with zero attached hydrogens (tertiary/aromatic N) is 2. The molecular weight excluding hydrogens is 1130 g/mol. The number of hydrogen-bond acceptors (Lipinski definition) is 3. The van der Waals surface area contributed by atoms with Crippen LogP contribution in [0.2, 0.25) is 0 Å². The molecule has 5 aromatic carbocycles. The van der Waals surface area contributed by atoms with E-state index in [1.54, 1.807) is 29.1 Å². The SMILES string of the molecule is Fc1c(F)c(F)c([B-](c2c(F)c(F)c(F)c(F)c2F)(c2c(F)c(F)c(F)c(F)c2F)c2c(F)c(F)c(F)c(F)c2F)c(F)c1F.O=C(C[n+]1ccncc1OC(Br)(Br)Br)c1ccccc1. The van der Waals surface area contributed by atoms with Gasteiger partial charge in [-0.25, -0.2) is 92.8 Å². The minimum absolute atomic E-state index is 0.00373. The van der Waals surface area contributed by atoms with Crippen molar-refractivity contribution in [3.63, 3.8) is 0 Å². The summed E-state index contributed by atoms with van der Waals surface area (Å²) in [5.41, 5.74) is -13.7. The fraction of sp³-hybridized carbons (Fsp3) is 0.0541. The lowest BCUT2D eigenvalue weighted by atomic mass is 9.12. The van der Waals surface area contributed by atoms with Crippen molar-refractivity contribution in [2.24, 2.45) is 0 Å². The Bertz CT molecular complexity index is 2530. The molecule has 0 aliphatic rings. The summed E-state index contributed by atoms with van der Waals surface area (Å²) in [5.74, 6) is -71.0. The molecule has 0 spiro atoms. The third kappa shape index (κ3) is 8.79. The van der Waals surface area contributed by atoms with Crippen LogP contribution >= 0.6 is 47.8 Å². The van der Waals surface area contributed by atoms with Crippen molar-refractivity contribution in [3.05, 3.63) is 171 Å². The number of ketones is 1. The lowest BCUT2D eigenvalue weighted by molar-refractivity contribution is -0.689. The lowest BCUT2D eigenvalue weighted by Gasteiger charge is -2.44. The quantitative estimate of drug-likeness (QED) is 0.0291. The number of carbonyl (C=O) groups is 1. The number of carbonyl (C=O) groups excluding carboxylic acids is 1. The number of benzene rings is 5. The van der Waals surface area contributed by atoms with Crippen LogP contribution in [0.3, 0.4) is 0 Å². The predicted octanol–water partition coefficient (Wildman–Crippen LogP) is 9.27.